The zero-order valence-electron chi connectivity index (χ0n) is 17.8. The van der Waals surface area contributed by atoms with Crippen molar-refractivity contribution < 1.29 is 18.6 Å². The summed E-state index contributed by atoms with van der Waals surface area (Å²) in [5.41, 5.74) is 2.52. The van der Waals surface area contributed by atoms with Gasteiger partial charge in [0.2, 0.25) is 0 Å². The van der Waals surface area contributed by atoms with E-state index in [-0.39, 0.29) is 6.61 Å². The summed E-state index contributed by atoms with van der Waals surface area (Å²) in [6.07, 6.45) is 5.52. The highest BCUT2D eigenvalue weighted by atomic mass is 31.2. The van der Waals surface area contributed by atoms with E-state index in [0.717, 1.165) is 16.7 Å². The Morgan fingerprint density at radius 3 is 2.12 bits per heavy atom. The predicted octanol–water partition coefficient (Wildman–Crippen LogP) is 5.83. The quantitative estimate of drug-likeness (QED) is 0.308. The Balaban J connectivity index is 2.02. The first kappa shape index (κ1) is 21.7. The van der Waals surface area contributed by atoms with Gasteiger partial charge in [-0.3, -0.25) is 4.57 Å². The highest BCUT2D eigenvalue weighted by molar-refractivity contribution is 7.75. The summed E-state index contributed by atoms with van der Waals surface area (Å²) in [7, 11) is -3.61. The van der Waals surface area contributed by atoms with Gasteiger partial charge < -0.3 is 14.0 Å². The molecule has 5 heteroatoms. The molecule has 0 aliphatic carbocycles. The van der Waals surface area contributed by atoms with Crippen LogP contribution in [0.2, 0.25) is 0 Å². The maximum absolute atomic E-state index is 14.9. The van der Waals surface area contributed by atoms with E-state index in [1.807, 2.05) is 54.6 Å². The van der Waals surface area contributed by atoms with Gasteiger partial charge in [0.25, 0.3) is 0 Å². The topological polar surface area (TPSA) is 44.8 Å². The minimum Gasteiger partial charge on any atom is -0.489 e. The van der Waals surface area contributed by atoms with Crippen LogP contribution in [0.3, 0.4) is 0 Å². The second-order valence-corrected chi connectivity index (χ2v) is 9.45. The molecule has 0 fully saturated rings. The van der Waals surface area contributed by atoms with Crippen LogP contribution in [-0.4, -0.2) is 13.2 Å². The first-order chi connectivity index (χ1) is 15.6. The van der Waals surface area contributed by atoms with Crippen molar-refractivity contribution in [2.45, 2.75) is 6.42 Å². The SMILES string of the molecule is C=CCOc1ccc(OCC=C)c(P2(=O)Oc3ccccc3-c3ccccc32)c1CC=C. The molecule has 1 atom stereocenters. The lowest BCUT2D eigenvalue weighted by molar-refractivity contribution is 0.352. The van der Waals surface area contributed by atoms with E-state index in [2.05, 4.69) is 19.7 Å². The van der Waals surface area contributed by atoms with Gasteiger partial charge in [-0.2, -0.15) is 0 Å². The van der Waals surface area contributed by atoms with E-state index < -0.39 is 7.37 Å². The third kappa shape index (κ3) is 3.79. The van der Waals surface area contributed by atoms with E-state index in [1.165, 1.54) is 0 Å². The number of hydrogen-bond acceptors (Lipinski definition) is 4. The van der Waals surface area contributed by atoms with Gasteiger partial charge in [0, 0.05) is 11.1 Å². The largest absolute Gasteiger partial charge is 0.489 e. The fourth-order valence-corrected chi connectivity index (χ4v) is 6.54. The Morgan fingerprint density at radius 1 is 0.781 bits per heavy atom. The fourth-order valence-electron chi connectivity index (χ4n) is 3.89. The van der Waals surface area contributed by atoms with Crippen LogP contribution in [0.1, 0.15) is 5.56 Å². The van der Waals surface area contributed by atoms with E-state index in [9.17, 15) is 4.57 Å². The number of fused-ring (bicyclic) bond motifs is 3. The molecule has 32 heavy (non-hydrogen) atoms. The maximum atomic E-state index is 14.9. The van der Waals surface area contributed by atoms with Gasteiger partial charge in [0.05, 0.1) is 5.30 Å². The lowest BCUT2D eigenvalue weighted by Crippen LogP contribution is -2.29. The minimum absolute atomic E-state index is 0.269. The van der Waals surface area contributed by atoms with Crippen molar-refractivity contribution in [1.82, 2.24) is 0 Å². The average Bonchev–Trinajstić information content (AvgIpc) is 2.82. The normalized spacial score (nSPS) is 16.1. The molecule has 1 heterocycles. The maximum Gasteiger partial charge on any atom is 0.311 e. The fraction of sp³-hybridized carbons (Fsp3) is 0.111. The molecule has 1 aliphatic rings. The molecule has 0 bridgehead atoms. The Morgan fingerprint density at radius 2 is 1.41 bits per heavy atom. The van der Waals surface area contributed by atoms with E-state index in [1.54, 1.807) is 24.3 Å². The molecule has 4 nitrogen and oxygen atoms in total. The number of rotatable bonds is 9. The highest BCUT2D eigenvalue weighted by Gasteiger charge is 2.42. The van der Waals surface area contributed by atoms with Crippen molar-refractivity contribution in [1.29, 1.82) is 0 Å². The average molecular weight is 444 g/mol. The number of ether oxygens (including phenoxy) is 2. The lowest BCUT2D eigenvalue weighted by atomic mass is 10.0. The van der Waals surface area contributed by atoms with Crippen molar-refractivity contribution in [3.63, 3.8) is 0 Å². The molecular formula is C27H25O4P. The summed E-state index contributed by atoms with van der Waals surface area (Å²) in [5, 5.41) is 1.12. The van der Waals surface area contributed by atoms with Crippen LogP contribution in [0, 0.1) is 0 Å². The molecule has 0 N–H and O–H groups in total. The second kappa shape index (κ2) is 9.33. The lowest BCUT2D eigenvalue weighted by Gasteiger charge is -2.31. The van der Waals surface area contributed by atoms with Crippen LogP contribution in [0.5, 0.6) is 17.2 Å². The van der Waals surface area contributed by atoms with Crippen molar-refractivity contribution in [2.24, 2.45) is 0 Å². The van der Waals surface area contributed by atoms with Gasteiger partial charge in [-0.25, -0.2) is 0 Å². The number of allylic oxidation sites excluding steroid dienone is 1. The first-order valence-electron chi connectivity index (χ1n) is 10.4. The molecule has 0 saturated carbocycles. The van der Waals surface area contributed by atoms with Gasteiger partial charge in [-0.05, 0) is 36.2 Å². The molecule has 0 aromatic heterocycles. The summed E-state index contributed by atoms with van der Waals surface area (Å²) in [4.78, 5) is 0. The molecule has 3 aromatic carbocycles. The predicted molar refractivity (Wildman–Crippen MR) is 131 cm³/mol. The Bertz CT molecular complexity index is 1230. The zero-order chi connectivity index (χ0) is 22.6. The van der Waals surface area contributed by atoms with Crippen molar-refractivity contribution >= 4 is 18.0 Å². The Labute approximate surface area is 188 Å². The molecule has 4 rings (SSSR count). The molecule has 0 radical (unpaired) electrons. The third-order valence-corrected chi connectivity index (χ3v) is 7.74. The zero-order valence-corrected chi connectivity index (χ0v) is 18.7. The summed E-state index contributed by atoms with van der Waals surface area (Å²) < 4.78 is 33.1. The van der Waals surface area contributed by atoms with Crippen molar-refractivity contribution in [3.05, 3.63) is 104 Å². The second-order valence-electron chi connectivity index (χ2n) is 7.24. The van der Waals surface area contributed by atoms with Crippen LogP contribution in [0.15, 0.2) is 98.6 Å². The van der Waals surface area contributed by atoms with Crippen LogP contribution >= 0.6 is 7.37 Å². The summed E-state index contributed by atoms with van der Waals surface area (Å²) >= 11 is 0. The third-order valence-electron chi connectivity index (χ3n) is 5.18. The van der Waals surface area contributed by atoms with Crippen LogP contribution in [0.25, 0.3) is 11.1 Å². The molecule has 1 unspecified atom stereocenters. The highest BCUT2D eigenvalue weighted by Crippen LogP contribution is 2.56. The summed E-state index contributed by atoms with van der Waals surface area (Å²) in [6, 6.07) is 18.9. The number of hydrogen-bond donors (Lipinski definition) is 0. The molecule has 0 amide bonds. The van der Waals surface area contributed by atoms with Crippen molar-refractivity contribution in [2.75, 3.05) is 13.2 Å². The minimum atomic E-state index is -3.61. The summed E-state index contributed by atoms with van der Waals surface area (Å²) in [5.74, 6) is 1.65. The number of benzene rings is 3. The Hall–Kier alpha value is -3.49. The van der Waals surface area contributed by atoms with Crippen molar-refractivity contribution in [3.8, 4) is 28.4 Å². The van der Waals surface area contributed by atoms with Gasteiger partial charge in [0.15, 0.2) is 0 Å². The molecule has 3 aromatic rings. The molecule has 0 spiro atoms. The van der Waals surface area contributed by atoms with Gasteiger partial charge >= 0.3 is 7.37 Å². The van der Waals surface area contributed by atoms with E-state index in [4.69, 9.17) is 14.0 Å². The smallest absolute Gasteiger partial charge is 0.311 e. The van der Waals surface area contributed by atoms with Gasteiger partial charge in [-0.15, -0.1) is 6.58 Å². The first-order valence-corrected chi connectivity index (χ1v) is 12.0. The Kier molecular flexibility index (Phi) is 6.34. The molecule has 1 aliphatic heterocycles. The number of para-hydroxylation sites is 1. The summed E-state index contributed by atoms with van der Waals surface area (Å²) in [6.45, 7) is 12.0. The standard InChI is InChI=1S/C27H25O4P/c1-4-11-22-23(29-18-5-2)16-17-25(30-19-6-3)27(22)32(28)26-15-10-8-13-21(26)20-12-7-9-14-24(20)31-32/h4-10,12-17H,1-3,11,18-19H2. The van der Waals surface area contributed by atoms with E-state index in [0.29, 0.717) is 40.9 Å². The molecular weight excluding hydrogens is 419 g/mol. The van der Waals surface area contributed by atoms with E-state index >= 15 is 0 Å². The van der Waals surface area contributed by atoms with Gasteiger partial charge in [0.1, 0.15) is 35.8 Å². The molecule has 0 saturated heterocycles. The van der Waals surface area contributed by atoms with Gasteiger partial charge in [-0.1, -0.05) is 67.8 Å². The monoisotopic (exact) mass is 444 g/mol. The van der Waals surface area contributed by atoms with Crippen LogP contribution in [0.4, 0.5) is 0 Å². The van der Waals surface area contributed by atoms with Crippen LogP contribution in [-0.2, 0) is 11.0 Å². The molecule has 162 valence electrons. The van der Waals surface area contributed by atoms with Crippen LogP contribution < -0.4 is 24.6 Å².